The summed E-state index contributed by atoms with van der Waals surface area (Å²) in [7, 11) is -0.299. The van der Waals surface area contributed by atoms with Crippen LogP contribution >= 0.6 is 15.9 Å². The molecule has 2 unspecified atom stereocenters. The van der Waals surface area contributed by atoms with E-state index in [0.717, 1.165) is 33.9 Å². The molecule has 1 aliphatic heterocycles. The van der Waals surface area contributed by atoms with Gasteiger partial charge in [0.25, 0.3) is 11.1 Å². The molecule has 362 valence electrons. The van der Waals surface area contributed by atoms with Crippen LogP contribution in [0.2, 0.25) is 0 Å². The van der Waals surface area contributed by atoms with Crippen LogP contribution in [0, 0.1) is 11.8 Å². The summed E-state index contributed by atoms with van der Waals surface area (Å²) in [4.78, 5) is 48.8. The average Bonchev–Trinajstić information content (AvgIpc) is 3.38. The maximum atomic E-state index is 13.3. The van der Waals surface area contributed by atoms with Crippen molar-refractivity contribution in [2.75, 3.05) is 26.4 Å². The first-order valence-electron chi connectivity index (χ1n) is 21.2. The topological polar surface area (TPSA) is 134 Å². The third kappa shape index (κ3) is 18.5. The highest BCUT2D eigenvalue weighted by molar-refractivity contribution is 9.10. The van der Waals surface area contributed by atoms with Crippen molar-refractivity contribution in [1.82, 2.24) is 9.13 Å². The van der Waals surface area contributed by atoms with E-state index in [-0.39, 0.29) is 66.4 Å². The second-order valence-electron chi connectivity index (χ2n) is 16.3. The van der Waals surface area contributed by atoms with Gasteiger partial charge in [0, 0.05) is 34.6 Å². The van der Waals surface area contributed by atoms with Gasteiger partial charge in [-0.2, -0.15) is 26.3 Å². The smallest absolute Gasteiger partial charge is 0.490 e. The molecule has 64 heavy (non-hydrogen) atoms. The van der Waals surface area contributed by atoms with Crippen molar-refractivity contribution < 1.29 is 64.2 Å². The minimum Gasteiger partial charge on any atom is -0.502 e. The standard InChI is InChI=1S/C19H26F3NO4.C15H19BrF3NO3.C10H19BO3/c1-5-26-10-9-14-12-23(17(24)11-15(14)19(20,21)22)16(8-7-13(3)4)18(25)27-6-2;1-4-23-14(22)12(6-5-9(2)3)20-8-11(16)10(7-13(20)21)15(17,18)19;1-6-12-8-7-11-13-9(2,3)10(4,5)14-11/h9-13,16H,5-8H2,1-4H3;7-9,12H,4-6H2,1-3H3;7-8H,6H2,1-5H3/b10-9+;;8-7+. The third-order valence-corrected chi connectivity index (χ3v) is 10.5. The summed E-state index contributed by atoms with van der Waals surface area (Å²) in [5.74, 6) is 1.06. The molecule has 2 atom stereocenters. The van der Waals surface area contributed by atoms with Gasteiger partial charge in [-0.1, -0.05) is 27.7 Å². The zero-order chi connectivity index (χ0) is 49.2. The number of rotatable bonds is 18. The second kappa shape index (κ2) is 26.2. The molecule has 0 bridgehead atoms. The van der Waals surface area contributed by atoms with E-state index in [1.807, 2.05) is 62.3 Å². The van der Waals surface area contributed by atoms with Crippen molar-refractivity contribution in [3.8, 4) is 0 Å². The molecule has 1 aliphatic rings. The number of esters is 2. The summed E-state index contributed by atoms with van der Waals surface area (Å²) >= 11 is 2.82. The number of alkyl halides is 6. The molecule has 12 nitrogen and oxygen atoms in total. The van der Waals surface area contributed by atoms with Crippen LogP contribution in [0.15, 0.2) is 57.1 Å². The Bertz CT molecular complexity index is 1950. The Hall–Kier alpha value is -4.04. The predicted octanol–water partition coefficient (Wildman–Crippen LogP) is 10.8. The molecule has 0 aliphatic carbocycles. The summed E-state index contributed by atoms with van der Waals surface area (Å²) < 4.78 is 112. The van der Waals surface area contributed by atoms with Crippen molar-refractivity contribution in [3.05, 3.63) is 84.9 Å². The largest absolute Gasteiger partial charge is 0.502 e. The van der Waals surface area contributed by atoms with Crippen molar-refractivity contribution in [2.45, 2.75) is 144 Å². The van der Waals surface area contributed by atoms with Gasteiger partial charge in [0.15, 0.2) is 0 Å². The lowest BCUT2D eigenvalue weighted by Crippen LogP contribution is -2.41. The van der Waals surface area contributed by atoms with Crippen LogP contribution in [0.3, 0.4) is 0 Å². The Balaban J connectivity index is 0.000000503. The highest BCUT2D eigenvalue weighted by atomic mass is 79.9. The Morgan fingerprint density at radius 3 is 1.48 bits per heavy atom. The first kappa shape index (κ1) is 58.0. The zero-order valence-electron chi connectivity index (χ0n) is 38.8. The number of nitrogens with zero attached hydrogens (tertiary/aromatic N) is 2. The summed E-state index contributed by atoms with van der Waals surface area (Å²) in [5.41, 5.74) is -4.73. The molecule has 2 aromatic heterocycles. The van der Waals surface area contributed by atoms with Crippen LogP contribution in [0.4, 0.5) is 26.3 Å². The first-order valence-corrected chi connectivity index (χ1v) is 21.9. The Labute approximate surface area is 380 Å². The minimum atomic E-state index is -4.71. The van der Waals surface area contributed by atoms with Crippen LogP contribution in [0.1, 0.15) is 138 Å². The highest BCUT2D eigenvalue weighted by Crippen LogP contribution is 2.37. The molecule has 2 aromatic rings. The van der Waals surface area contributed by atoms with E-state index in [1.165, 1.54) is 0 Å². The van der Waals surface area contributed by atoms with E-state index in [2.05, 4.69) is 15.9 Å². The molecule has 0 radical (unpaired) electrons. The highest BCUT2D eigenvalue weighted by Gasteiger charge is 2.50. The fraction of sp³-hybridized carbons (Fsp3) is 0.636. The molecule has 20 heteroatoms. The van der Waals surface area contributed by atoms with Crippen LogP contribution in [0.5, 0.6) is 0 Å². The van der Waals surface area contributed by atoms with Crippen molar-refractivity contribution >= 4 is 41.1 Å². The van der Waals surface area contributed by atoms with E-state index < -0.39 is 58.6 Å². The number of halogens is 7. The van der Waals surface area contributed by atoms with Gasteiger partial charge < -0.3 is 37.4 Å². The maximum Gasteiger partial charge on any atom is 0.490 e. The average molecular weight is 986 g/mol. The fourth-order valence-corrected chi connectivity index (χ4v) is 6.33. The van der Waals surface area contributed by atoms with Gasteiger partial charge in [-0.05, 0) is 121 Å². The number of carbonyl (C=O) groups excluding carboxylic acids is 2. The molecule has 3 rings (SSSR count). The van der Waals surface area contributed by atoms with Crippen LogP contribution in [0.25, 0.3) is 6.08 Å². The van der Waals surface area contributed by atoms with Gasteiger partial charge in [0.1, 0.15) is 12.1 Å². The van der Waals surface area contributed by atoms with Gasteiger partial charge in [0.05, 0.1) is 61.3 Å². The number of ether oxygens (including phenoxy) is 4. The second-order valence-corrected chi connectivity index (χ2v) is 17.2. The fourth-order valence-electron chi connectivity index (χ4n) is 5.77. The number of hydrogen-bond acceptors (Lipinski definition) is 10. The molecular weight excluding hydrogens is 921 g/mol. The Morgan fingerprint density at radius 2 is 1.09 bits per heavy atom. The molecule has 0 saturated carbocycles. The first-order chi connectivity index (χ1) is 29.6. The van der Waals surface area contributed by atoms with E-state index >= 15 is 0 Å². The minimum absolute atomic E-state index is 0.115. The maximum absolute atomic E-state index is 13.3. The molecule has 0 N–H and O–H groups in total. The van der Waals surface area contributed by atoms with Gasteiger partial charge in [-0.15, -0.1) is 0 Å². The van der Waals surface area contributed by atoms with Gasteiger partial charge >= 0.3 is 31.4 Å². The molecule has 0 spiro atoms. The zero-order valence-corrected chi connectivity index (χ0v) is 40.4. The number of hydrogen-bond donors (Lipinski definition) is 0. The van der Waals surface area contributed by atoms with Crippen molar-refractivity contribution in [1.29, 1.82) is 0 Å². The summed E-state index contributed by atoms with van der Waals surface area (Å²) in [6, 6.07) is -0.927. The SMILES string of the molecule is CCO/C=C/B1OC(C)(C)C(C)(C)O1.CCO/C=C/c1cn(C(CCC(C)C)C(=O)OCC)c(=O)cc1C(F)(F)F.CCOC(=O)C(CCC(C)C)n1cc(Br)c(C(F)(F)F)cc1=O. The predicted molar refractivity (Wildman–Crippen MR) is 236 cm³/mol. The quantitative estimate of drug-likeness (QED) is 0.0615. The van der Waals surface area contributed by atoms with E-state index in [0.29, 0.717) is 38.0 Å². The van der Waals surface area contributed by atoms with Crippen molar-refractivity contribution in [3.63, 3.8) is 0 Å². The molecule has 0 amide bonds. The Kier molecular flexibility index (Phi) is 23.7. The van der Waals surface area contributed by atoms with Crippen LogP contribution < -0.4 is 11.1 Å². The summed E-state index contributed by atoms with van der Waals surface area (Å²) in [6.45, 7) is 24.0. The van der Waals surface area contributed by atoms with E-state index in [1.54, 1.807) is 33.0 Å². The summed E-state index contributed by atoms with van der Waals surface area (Å²) in [6.07, 6.45) is -1.56. The Morgan fingerprint density at radius 1 is 0.688 bits per heavy atom. The van der Waals surface area contributed by atoms with Gasteiger partial charge in [-0.3, -0.25) is 9.59 Å². The number of carbonyl (C=O) groups is 2. The lowest BCUT2D eigenvalue weighted by atomic mass is 9.90. The summed E-state index contributed by atoms with van der Waals surface area (Å²) in [5, 5.41) is 0. The van der Waals surface area contributed by atoms with Crippen molar-refractivity contribution in [2.24, 2.45) is 11.8 Å². The van der Waals surface area contributed by atoms with Gasteiger partial charge in [-0.25, -0.2) is 9.59 Å². The lowest BCUT2D eigenvalue weighted by molar-refractivity contribution is -0.148. The van der Waals surface area contributed by atoms with E-state index in [4.69, 9.17) is 28.3 Å². The normalized spacial score (nSPS) is 15.7. The molecule has 1 saturated heterocycles. The third-order valence-electron chi connectivity index (χ3n) is 9.86. The van der Waals surface area contributed by atoms with Crippen LogP contribution in [-0.2, 0) is 50.2 Å². The lowest BCUT2D eigenvalue weighted by Gasteiger charge is -2.32. The van der Waals surface area contributed by atoms with E-state index in [9.17, 15) is 45.5 Å². The molecule has 1 fully saturated rings. The van der Waals surface area contributed by atoms with Crippen LogP contribution in [-0.4, -0.2) is 65.8 Å². The molecular formula is C44H64BBrF6N2O10. The number of aromatic nitrogens is 2. The molecule has 3 heterocycles. The molecule has 0 aromatic carbocycles. The van der Waals surface area contributed by atoms with Gasteiger partial charge in [0.2, 0.25) is 0 Å². The number of pyridine rings is 2. The monoisotopic (exact) mass is 984 g/mol.